The number of nitrogens with one attached hydrogen (secondary N) is 1. The average Bonchev–Trinajstić information content (AvgIpc) is 3.20. The molecule has 2 heterocycles. The van der Waals surface area contributed by atoms with Gasteiger partial charge in [-0.25, -0.2) is 4.79 Å². The SMILES string of the molecule is CCCCn1c(N)c(N(C)C(=O)/C=C/c2ccc(-c3ccccc3Cl)s2)c(=O)[nH]c1=O. The largest absolute Gasteiger partial charge is 0.383 e. The number of rotatable bonds is 7. The Kier molecular flexibility index (Phi) is 7.14. The van der Waals surface area contributed by atoms with Gasteiger partial charge in [-0.3, -0.25) is 19.1 Å². The maximum Gasteiger partial charge on any atom is 0.330 e. The number of thiophene rings is 1. The number of nitrogen functional groups attached to an aromatic ring is 1. The molecule has 0 aliphatic carbocycles. The molecule has 0 fully saturated rings. The van der Waals surface area contributed by atoms with Crippen LogP contribution in [0.1, 0.15) is 24.6 Å². The van der Waals surface area contributed by atoms with Crippen molar-refractivity contribution in [1.82, 2.24) is 9.55 Å². The maximum absolute atomic E-state index is 12.7. The first-order chi connectivity index (χ1) is 14.8. The summed E-state index contributed by atoms with van der Waals surface area (Å²) in [6, 6.07) is 11.4. The lowest BCUT2D eigenvalue weighted by molar-refractivity contribution is -0.113. The third-order valence-electron chi connectivity index (χ3n) is 4.77. The van der Waals surface area contributed by atoms with Gasteiger partial charge in [-0.2, -0.15) is 0 Å². The Labute approximate surface area is 188 Å². The molecule has 1 aromatic carbocycles. The second-order valence-electron chi connectivity index (χ2n) is 6.91. The van der Waals surface area contributed by atoms with E-state index in [1.165, 1.54) is 29.0 Å². The highest BCUT2D eigenvalue weighted by atomic mass is 35.5. The molecule has 162 valence electrons. The van der Waals surface area contributed by atoms with Crippen LogP contribution in [0.25, 0.3) is 16.5 Å². The van der Waals surface area contributed by atoms with E-state index in [2.05, 4.69) is 4.98 Å². The van der Waals surface area contributed by atoms with Crippen LogP contribution in [-0.2, 0) is 11.3 Å². The highest BCUT2D eigenvalue weighted by Gasteiger charge is 2.19. The molecule has 3 N–H and O–H groups in total. The second kappa shape index (κ2) is 9.80. The van der Waals surface area contributed by atoms with E-state index >= 15 is 0 Å². The van der Waals surface area contributed by atoms with Crippen molar-refractivity contribution in [2.24, 2.45) is 0 Å². The van der Waals surface area contributed by atoms with Gasteiger partial charge in [0, 0.05) is 40.0 Å². The summed E-state index contributed by atoms with van der Waals surface area (Å²) in [4.78, 5) is 42.3. The van der Waals surface area contributed by atoms with Gasteiger partial charge in [0.25, 0.3) is 11.5 Å². The molecule has 7 nitrogen and oxygen atoms in total. The van der Waals surface area contributed by atoms with Crippen LogP contribution in [-0.4, -0.2) is 22.5 Å². The normalized spacial score (nSPS) is 11.2. The number of hydrogen-bond acceptors (Lipinski definition) is 5. The number of likely N-dealkylation sites (N-methyl/N-ethyl adjacent to an activating group) is 1. The molecule has 0 aliphatic rings. The van der Waals surface area contributed by atoms with Crippen molar-refractivity contribution in [1.29, 1.82) is 0 Å². The quantitative estimate of drug-likeness (QED) is 0.523. The van der Waals surface area contributed by atoms with Gasteiger partial charge in [-0.1, -0.05) is 43.1 Å². The maximum atomic E-state index is 12.7. The first-order valence-corrected chi connectivity index (χ1v) is 11.0. The third-order valence-corrected chi connectivity index (χ3v) is 6.19. The fraction of sp³-hybridized carbons (Fsp3) is 0.227. The Balaban J connectivity index is 1.83. The number of anilines is 2. The average molecular weight is 459 g/mol. The highest BCUT2D eigenvalue weighted by Crippen LogP contribution is 2.33. The standard InChI is InChI=1S/C22H23ClN4O3S/c1-3-4-13-27-20(24)19(21(29)25-22(27)30)26(2)18(28)12-10-14-9-11-17(31-14)15-7-5-6-8-16(15)23/h5-12H,3-4,13,24H2,1-2H3,(H,25,29,30)/b12-10+. The molecule has 0 aliphatic heterocycles. The zero-order valence-electron chi connectivity index (χ0n) is 17.2. The van der Waals surface area contributed by atoms with Crippen LogP contribution in [0.5, 0.6) is 0 Å². The zero-order chi connectivity index (χ0) is 22.5. The van der Waals surface area contributed by atoms with Crippen LogP contribution in [0.2, 0.25) is 5.02 Å². The van der Waals surface area contributed by atoms with Gasteiger partial charge in [-0.05, 0) is 30.7 Å². The molecule has 1 amide bonds. The van der Waals surface area contributed by atoms with Crippen LogP contribution in [0.15, 0.2) is 52.1 Å². The summed E-state index contributed by atoms with van der Waals surface area (Å²) < 4.78 is 1.28. The first-order valence-electron chi connectivity index (χ1n) is 9.76. The summed E-state index contributed by atoms with van der Waals surface area (Å²) in [5.41, 5.74) is 5.66. The monoisotopic (exact) mass is 458 g/mol. The lowest BCUT2D eigenvalue weighted by Crippen LogP contribution is -2.38. The number of halogens is 1. The van der Waals surface area contributed by atoms with Crippen LogP contribution < -0.4 is 21.9 Å². The predicted octanol–water partition coefficient (Wildman–Crippen LogP) is 3.98. The van der Waals surface area contributed by atoms with Crippen LogP contribution >= 0.6 is 22.9 Å². The van der Waals surface area contributed by atoms with Crippen LogP contribution in [0.3, 0.4) is 0 Å². The molecule has 0 radical (unpaired) electrons. The molecule has 2 aromatic heterocycles. The minimum atomic E-state index is -0.698. The number of amides is 1. The number of carbonyl (C=O) groups is 1. The number of aromatic nitrogens is 2. The fourth-order valence-corrected chi connectivity index (χ4v) is 4.31. The van der Waals surface area contributed by atoms with E-state index in [4.69, 9.17) is 17.3 Å². The lowest BCUT2D eigenvalue weighted by Gasteiger charge is -2.19. The van der Waals surface area contributed by atoms with Gasteiger partial charge >= 0.3 is 5.69 Å². The summed E-state index contributed by atoms with van der Waals surface area (Å²) >= 11 is 7.74. The van der Waals surface area contributed by atoms with E-state index in [1.54, 1.807) is 6.08 Å². The molecule has 0 saturated heterocycles. The number of nitrogens with two attached hydrogens (primary N) is 1. The van der Waals surface area contributed by atoms with Crippen LogP contribution in [0.4, 0.5) is 11.5 Å². The van der Waals surface area contributed by atoms with E-state index in [9.17, 15) is 14.4 Å². The summed E-state index contributed by atoms with van der Waals surface area (Å²) in [5, 5.41) is 0.656. The lowest BCUT2D eigenvalue weighted by atomic mass is 10.2. The van der Waals surface area contributed by atoms with Gasteiger partial charge in [-0.15, -0.1) is 11.3 Å². The number of nitrogens with zero attached hydrogens (tertiary/aromatic N) is 2. The molecule has 0 atom stereocenters. The minimum absolute atomic E-state index is 0.0245. The van der Waals surface area contributed by atoms with E-state index in [1.807, 2.05) is 43.3 Å². The Bertz CT molecular complexity index is 1240. The van der Waals surface area contributed by atoms with Crippen LogP contribution in [0, 0.1) is 0 Å². The molecular formula is C22H23ClN4O3S. The van der Waals surface area contributed by atoms with Crippen molar-refractivity contribution in [2.45, 2.75) is 26.3 Å². The van der Waals surface area contributed by atoms with Crippen molar-refractivity contribution < 1.29 is 4.79 Å². The zero-order valence-corrected chi connectivity index (χ0v) is 18.8. The summed E-state index contributed by atoms with van der Waals surface area (Å²) in [7, 11) is 1.45. The van der Waals surface area contributed by atoms with E-state index < -0.39 is 17.2 Å². The number of benzene rings is 1. The number of aromatic amines is 1. The first kappa shape index (κ1) is 22.6. The van der Waals surface area contributed by atoms with Crippen molar-refractivity contribution >= 4 is 46.4 Å². The molecule has 9 heteroatoms. The molecule has 0 saturated carbocycles. The van der Waals surface area contributed by atoms with Crippen molar-refractivity contribution in [3.05, 3.63) is 73.2 Å². The summed E-state index contributed by atoms with van der Waals surface area (Å²) in [5.74, 6) is -0.464. The molecular weight excluding hydrogens is 436 g/mol. The van der Waals surface area contributed by atoms with Gasteiger partial charge in [0.1, 0.15) is 5.82 Å². The Hall–Kier alpha value is -3.10. The molecule has 0 bridgehead atoms. The van der Waals surface area contributed by atoms with Gasteiger partial charge in [0.15, 0.2) is 5.69 Å². The van der Waals surface area contributed by atoms with Gasteiger partial charge < -0.3 is 10.6 Å². The number of unbranched alkanes of at least 4 members (excludes halogenated alkanes) is 1. The van der Waals surface area contributed by atoms with E-state index in [0.29, 0.717) is 11.6 Å². The van der Waals surface area contributed by atoms with E-state index in [-0.39, 0.29) is 11.5 Å². The molecule has 3 rings (SSSR count). The number of H-pyrrole nitrogens is 1. The molecule has 3 aromatic rings. The third kappa shape index (κ3) is 4.98. The minimum Gasteiger partial charge on any atom is -0.383 e. The summed E-state index contributed by atoms with van der Waals surface area (Å²) in [6.45, 7) is 2.35. The topological polar surface area (TPSA) is 101 Å². The van der Waals surface area contributed by atoms with E-state index in [0.717, 1.165) is 33.1 Å². The molecule has 0 spiro atoms. The fourth-order valence-electron chi connectivity index (χ4n) is 3.06. The van der Waals surface area contributed by atoms with Gasteiger partial charge in [0.2, 0.25) is 0 Å². The Morgan fingerprint density at radius 1 is 1.26 bits per heavy atom. The summed E-state index contributed by atoms with van der Waals surface area (Å²) in [6.07, 6.45) is 4.61. The smallest absolute Gasteiger partial charge is 0.330 e. The Morgan fingerprint density at radius 2 is 2.00 bits per heavy atom. The van der Waals surface area contributed by atoms with Crippen molar-refractivity contribution in [2.75, 3.05) is 17.7 Å². The molecule has 0 unspecified atom stereocenters. The highest BCUT2D eigenvalue weighted by molar-refractivity contribution is 7.16. The van der Waals surface area contributed by atoms with Crippen molar-refractivity contribution in [3.63, 3.8) is 0 Å². The second-order valence-corrected chi connectivity index (χ2v) is 8.43. The number of carbonyl (C=O) groups excluding carboxylic acids is 1. The number of hydrogen-bond donors (Lipinski definition) is 2. The van der Waals surface area contributed by atoms with Crippen molar-refractivity contribution in [3.8, 4) is 10.4 Å². The Morgan fingerprint density at radius 3 is 2.71 bits per heavy atom. The van der Waals surface area contributed by atoms with Gasteiger partial charge in [0.05, 0.1) is 0 Å². The predicted molar refractivity (Wildman–Crippen MR) is 128 cm³/mol. The molecule has 31 heavy (non-hydrogen) atoms.